The molecule has 1 aromatic rings. The van der Waals surface area contributed by atoms with Crippen molar-refractivity contribution in [2.45, 2.75) is 45.8 Å². The van der Waals surface area contributed by atoms with Gasteiger partial charge in [-0.15, -0.1) is 0 Å². The summed E-state index contributed by atoms with van der Waals surface area (Å²) >= 11 is 0. The highest BCUT2D eigenvalue weighted by Gasteiger charge is 2.35. The van der Waals surface area contributed by atoms with Gasteiger partial charge in [0, 0.05) is 5.56 Å². The molecule has 0 bridgehead atoms. The Morgan fingerprint density at radius 3 is 2.24 bits per heavy atom. The van der Waals surface area contributed by atoms with E-state index in [-0.39, 0.29) is 5.41 Å². The molecule has 2 rings (SSSR count). The summed E-state index contributed by atoms with van der Waals surface area (Å²) < 4.78 is 11.5. The third-order valence-electron chi connectivity index (χ3n) is 3.43. The van der Waals surface area contributed by atoms with Crippen molar-refractivity contribution in [1.29, 1.82) is 0 Å². The zero-order valence-corrected chi connectivity index (χ0v) is 11.5. The predicted octanol–water partition coefficient (Wildman–Crippen LogP) is 3.51. The van der Waals surface area contributed by atoms with Crippen LogP contribution >= 0.6 is 0 Å². The maximum absolute atomic E-state index is 5.75. The number of hydrogen-bond acceptors (Lipinski definition) is 2. The Hall–Kier alpha value is -0.860. The minimum Gasteiger partial charge on any atom is -0.344 e. The van der Waals surface area contributed by atoms with Gasteiger partial charge in [-0.2, -0.15) is 0 Å². The maximum Gasteiger partial charge on any atom is 0.192 e. The molecule has 0 aliphatic carbocycles. The molecule has 0 atom stereocenters. The fourth-order valence-electron chi connectivity index (χ4n) is 2.25. The van der Waals surface area contributed by atoms with Crippen LogP contribution in [0.2, 0.25) is 0 Å². The normalized spacial score (nSPS) is 19.6. The maximum atomic E-state index is 5.75. The van der Waals surface area contributed by atoms with Gasteiger partial charge in [0.2, 0.25) is 0 Å². The van der Waals surface area contributed by atoms with Crippen molar-refractivity contribution >= 4 is 0 Å². The first-order valence-corrected chi connectivity index (χ1v) is 6.22. The Balaban J connectivity index is 2.46. The van der Waals surface area contributed by atoms with E-state index in [4.69, 9.17) is 9.47 Å². The smallest absolute Gasteiger partial charge is 0.192 e. The van der Waals surface area contributed by atoms with Crippen molar-refractivity contribution in [1.82, 2.24) is 0 Å². The van der Waals surface area contributed by atoms with Crippen molar-refractivity contribution in [3.63, 3.8) is 0 Å². The third kappa shape index (κ3) is 2.38. The number of rotatable bonds is 1. The average Bonchev–Trinajstić information content (AvgIpc) is 2.65. The molecule has 1 aliphatic heterocycles. The molecule has 2 heteroatoms. The summed E-state index contributed by atoms with van der Waals surface area (Å²) in [6.07, 6.45) is 0. The van der Waals surface area contributed by atoms with Gasteiger partial charge in [0.25, 0.3) is 0 Å². The largest absolute Gasteiger partial charge is 0.344 e. The summed E-state index contributed by atoms with van der Waals surface area (Å²) in [6.45, 7) is 12.1. The fraction of sp³-hybridized carbons (Fsp3) is 0.600. The van der Waals surface area contributed by atoms with Crippen LogP contribution in [-0.4, -0.2) is 13.2 Å². The summed E-state index contributed by atoms with van der Waals surface area (Å²) in [5, 5.41) is 0. The molecule has 0 spiro atoms. The minimum atomic E-state index is -0.564. The van der Waals surface area contributed by atoms with Gasteiger partial charge in [0.05, 0.1) is 13.2 Å². The first kappa shape index (κ1) is 12.6. The highest BCUT2D eigenvalue weighted by Crippen LogP contribution is 2.35. The lowest BCUT2D eigenvalue weighted by Gasteiger charge is -2.28. The Bertz CT molecular complexity index is 409. The van der Waals surface area contributed by atoms with Gasteiger partial charge in [-0.1, -0.05) is 32.9 Å². The lowest BCUT2D eigenvalue weighted by molar-refractivity contribution is -0.150. The van der Waals surface area contributed by atoms with Crippen LogP contribution < -0.4 is 0 Å². The molecule has 0 unspecified atom stereocenters. The lowest BCUT2D eigenvalue weighted by Crippen LogP contribution is -2.25. The number of ether oxygens (including phenoxy) is 2. The molecule has 0 radical (unpaired) electrons. The molecule has 1 saturated heterocycles. The van der Waals surface area contributed by atoms with Crippen LogP contribution in [0.15, 0.2) is 18.2 Å². The number of hydrogen-bond donors (Lipinski definition) is 0. The zero-order valence-electron chi connectivity index (χ0n) is 11.5. The molecular weight excluding hydrogens is 212 g/mol. The van der Waals surface area contributed by atoms with Gasteiger partial charge in [0.1, 0.15) is 0 Å². The van der Waals surface area contributed by atoms with Gasteiger partial charge in [-0.25, -0.2) is 0 Å². The van der Waals surface area contributed by atoms with Crippen LogP contribution in [-0.2, 0) is 20.7 Å². The summed E-state index contributed by atoms with van der Waals surface area (Å²) in [7, 11) is 0. The van der Waals surface area contributed by atoms with E-state index in [0.29, 0.717) is 13.2 Å². The molecule has 94 valence electrons. The second-order valence-corrected chi connectivity index (χ2v) is 5.92. The standard InChI is InChI=1S/C15H22O2/c1-11-6-7-12(14(2,3)4)10-13(11)15(5)16-8-9-17-15/h6-7,10H,8-9H2,1-5H3. The third-order valence-corrected chi connectivity index (χ3v) is 3.43. The van der Waals surface area contributed by atoms with E-state index in [1.54, 1.807) is 0 Å². The van der Waals surface area contributed by atoms with Gasteiger partial charge in [0.15, 0.2) is 5.79 Å². The predicted molar refractivity (Wildman–Crippen MR) is 69.1 cm³/mol. The van der Waals surface area contributed by atoms with Crippen LogP contribution in [0.25, 0.3) is 0 Å². The Kier molecular flexibility index (Phi) is 3.04. The summed E-state index contributed by atoms with van der Waals surface area (Å²) in [5.41, 5.74) is 3.85. The zero-order chi connectivity index (χ0) is 12.7. The van der Waals surface area contributed by atoms with Crippen LogP contribution in [0.4, 0.5) is 0 Å². The summed E-state index contributed by atoms with van der Waals surface area (Å²) in [4.78, 5) is 0. The Morgan fingerprint density at radius 1 is 1.12 bits per heavy atom. The molecule has 1 aromatic carbocycles. The Morgan fingerprint density at radius 2 is 1.71 bits per heavy atom. The second kappa shape index (κ2) is 4.11. The van der Waals surface area contributed by atoms with Crippen molar-refractivity contribution < 1.29 is 9.47 Å². The monoisotopic (exact) mass is 234 g/mol. The van der Waals surface area contributed by atoms with E-state index in [1.807, 2.05) is 6.92 Å². The van der Waals surface area contributed by atoms with Crippen LogP contribution in [0.1, 0.15) is 44.4 Å². The Labute approximate surface area is 104 Å². The molecule has 17 heavy (non-hydrogen) atoms. The van der Waals surface area contributed by atoms with Crippen LogP contribution in [0.5, 0.6) is 0 Å². The summed E-state index contributed by atoms with van der Waals surface area (Å²) in [6, 6.07) is 6.57. The van der Waals surface area contributed by atoms with E-state index in [9.17, 15) is 0 Å². The fourth-order valence-corrected chi connectivity index (χ4v) is 2.25. The molecule has 0 amide bonds. The first-order valence-electron chi connectivity index (χ1n) is 6.22. The quantitative estimate of drug-likeness (QED) is 0.740. The van der Waals surface area contributed by atoms with Gasteiger partial charge >= 0.3 is 0 Å². The van der Waals surface area contributed by atoms with Crippen molar-refractivity contribution in [3.8, 4) is 0 Å². The lowest BCUT2D eigenvalue weighted by atomic mass is 9.84. The van der Waals surface area contributed by atoms with Gasteiger partial charge in [-0.05, 0) is 36.5 Å². The highest BCUT2D eigenvalue weighted by atomic mass is 16.7. The molecule has 1 heterocycles. The average molecular weight is 234 g/mol. The van der Waals surface area contributed by atoms with E-state index < -0.39 is 5.79 Å². The van der Waals surface area contributed by atoms with E-state index in [1.165, 1.54) is 11.1 Å². The highest BCUT2D eigenvalue weighted by molar-refractivity contribution is 5.37. The molecular formula is C15H22O2. The topological polar surface area (TPSA) is 18.5 Å². The van der Waals surface area contributed by atoms with Crippen molar-refractivity contribution in [2.75, 3.05) is 13.2 Å². The van der Waals surface area contributed by atoms with Gasteiger partial charge < -0.3 is 9.47 Å². The first-order chi connectivity index (χ1) is 7.83. The minimum absolute atomic E-state index is 0.150. The SMILES string of the molecule is Cc1ccc(C(C)(C)C)cc1C1(C)OCCO1. The molecule has 1 fully saturated rings. The summed E-state index contributed by atoms with van der Waals surface area (Å²) in [5.74, 6) is -0.564. The van der Waals surface area contributed by atoms with E-state index in [2.05, 4.69) is 45.9 Å². The van der Waals surface area contributed by atoms with E-state index in [0.717, 1.165) is 5.56 Å². The molecule has 0 aromatic heterocycles. The van der Waals surface area contributed by atoms with Crippen molar-refractivity contribution in [3.05, 3.63) is 34.9 Å². The molecule has 2 nitrogen and oxygen atoms in total. The molecule has 1 aliphatic rings. The number of benzene rings is 1. The molecule has 0 saturated carbocycles. The van der Waals surface area contributed by atoms with Crippen molar-refractivity contribution in [2.24, 2.45) is 0 Å². The number of aryl methyl sites for hydroxylation is 1. The van der Waals surface area contributed by atoms with Crippen LogP contribution in [0.3, 0.4) is 0 Å². The second-order valence-electron chi connectivity index (χ2n) is 5.92. The van der Waals surface area contributed by atoms with Gasteiger partial charge in [-0.3, -0.25) is 0 Å². The molecule has 0 N–H and O–H groups in total. The van der Waals surface area contributed by atoms with E-state index >= 15 is 0 Å². The van der Waals surface area contributed by atoms with Crippen LogP contribution in [0, 0.1) is 6.92 Å².